The van der Waals surface area contributed by atoms with Crippen LogP contribution < -0.4 is 10.3 Å². The van der Waals surface area contributed by atoms with Crippen LogP contribution in [0.4, 0.5) is 4.79 Å². The summed E-state index contributed by atoms with van der Waals surface area (Å²) in [6, 6.07) is 10.0. The molecule has 0 bridgehead atoms. The average Bonchev–Trinajstić information content (AvgIpc) is 2.80. The first kappa shape index (κ1) is 21.9. The van der Waals surface area contributed by atoms with E-state index in [1.165, 1.54) is 0 Å². The molecule has 0 radical (unpaired) electrons. The molecule has 6 nitrogen and oxygen atoms in total. The van der Waals surface area contributed by atoms with Crippen LogP contribution in [0.5, 0.6) is 5.75 Å². The van der Waals surface area contributed by atoms with Gasteiger partial charge in [-0.3, -0.25) is 4.79 Å². The van der Waals surface area contributed by atoms with Crippen molar-refractivity contribution in [3.05, 3.63) is 56.8 Å². The van der Waals surface area contributed by atoms with Crippen LogP contribution in [0.25, 0.3) is 22.3 Å². The summed E-state index contributed by atoms with van der Waals surface area (Å²) in [7, 11) is 3.68. The normalized spacial score (nSPS) is 20.8. The molecule has 3 aromatic rings. The molecule has 2 aliphatic heterocycles. The van der Waals surface area contributed by atoms with Crippen molar-refractivity contribution in [2.45, 2.75) is 18.9 Å². The smallest absolute Gasteiger partial charge is 0.409 e. The predicted molar refractivity (Wildman–Crippen MR) is 132 cm³/mol. The number of hydrogen-bond acceptors (Lipinski definition) is 6. The highest BCUT2D eigenvalue weighted by molar-refractivity contribution is 8.76. The molecule has 5 rings (SSSR count). The topological polar surface area (TPSA) is 75.3 Å². The first-order chi connectivity index (χ1) is 15.5. The van der Waals surface area contributed by atoms with Crippen molar-refractivity contribution in [1.82, 2.24) is 14.9 Å². The van der Waals surface area contributed by atoms with Gasteiger partial charge in [0.2, 0.25) is 0 Å². The Kier molecular flexibility index (Phi) is 6.29. The van der Waals surface area contributed by atoms with Crippen molar-refractivity contribution in [2.75, 3.05) is 18.1 Å². The lowest BCUT2D eigenvalue weighted by molar-refractivity contribution is 0.0990. The monoisotopic (exact) mass is 507 g/mol. The highest BCUT2D eigenvalue weighted by atomic mass is 35.5. The SMILES string of the molecule is O=C(Oc1ccc(Cl)cc1-c1nc2ccc(Cl)cc2c(=O)[nH]1)N1CCCC2CSSC[C@@H]21. The summed E-state index contributed by atoms with van der Waals surface area (Å²) in [4.78, 5) is 35.0. The molecular formula is C22H19Cl2N3O3S2. The molecule has 2 saturated heterocycles. The molecular weight excluding hydrogens is 489 g/mol. The van der Waals surface area contributed by atoms with Crippen LogP contribution in [-0.4, -0.2) is 45.1 Å². The van der Waals surface area contributed by atoms with E-state index in [1.54, 1.807) is 47.2 Å². The molecule has 2 aliphatic rings. The summed E-state index contributed by atoms with van der Waals surface area (Å²) in [5.41, 5.74) is 0.600. The van der Waals surface area contributed by atoms with Gasteiger partial charge >= 0.3 is 6.09 Å². The Bertz CT molecular complexity index is 1250. The summed E-state index contributed by atoms with van der Waals surface area (Å²) in [6.45, 7) is 0.681. The molecule has 32 heavy (non-hydrogen) atoms. The first-order valence-corrected chi connectivity index (χ1v) is 13.5. The number of likely N-dealkylation sites (tertiary alicyclic amines) is 1. The second kappa shape index (κ2) is 9.17. The van der Waals surface area contributed by atoms with E-state index < -0.39 is 0 Å². The number of halogens is 2. The van der Waals surface area contributed by atoms with Crippen LogP contribution in [0.15, 0.2) is 41.2 Å². The maximum absolute atomic E-state index is 13.2. The number of H-pyrrole nitrogens is 1. The van der Waals surface area contributed by atoms with E-state index in [1.807, 2.05) is 15.7 Å². The second-order valence-corrected chi connectivity index (χ2v) is 11.2. The minimum atomic E-state index is -0.384. The van der Waals surface area contributed by atoms with Crippen molar-refractivity contribution < 1.29 is 9.53 Å². The predicted octanol–water partition coefficient (Wildman–Crippen LogP) is 5.87. The number of fused-ring (bicyclic) bond motifs is 2. The molecule has 0 spiro atoms. The molecule has 3 heterocycles. The standard InChI is InChI=1S/C22H19Cl2N3O3S2/c23-13-3-5-17-15(8-13)21(28)26-20(25-17)16-9-14(24)4-6-19(16)30-22(29)27-7-1-2-12-10-31-32-11-18(12)27/h3-6,8-9,12,18H,1-2,7,10-11H2,(H,25,26,28)/t12?,18-/m0/s1. The molecule has 0 saturated carbocycles. The van der Waals surface area contributed by atoms with E-state index in [9.17, 15) is 9.59 Å². The van der Waals surface area contributed by atoms with E-state index in [4.69, 9.17) is 27.9 Å². The summed E-state index contributed by atoms with van der Waals surface area (Å²) in [6.07, 6.45) is 1.73. The van der Waals surface area contributed by atoms with Crippen LogP contribution in [0, 0.1) is 5.92 Å². The minimum absolute atomic E-state index is 0.182. The van der Waals surface area contributed by atoms with Crippen molar-refractivity contribution in [1.29, 1.82) is 0 Å². The van der Waals surface area contributed by atoms with Crippen LogP contribution >= 0.6 is 44.8 Å². The summed E-state index contributed by atoms with van der Waals surface area (Å²) < 4.78 is 5.84. The Morgan fingerprint density at radius 3 is 2.78 bits per heavy atom. The molecule has 1 unspecified atom stereocenters. The number of nitrogens with zero attached hydrogens (tertiary/aromatic N) is 2. The molecule has 2 atom stereocenters. The van der Waals surface area contributed by atoms with E-state index in [2.05, 4.69) is 9.97 Å². The van der Waals surface area contributed by atoms with Crippen molar-refractivity contribution >= 4 is 61.8 Å². The summed E-state index contributed by atoms with van der Waals surface area (Å²) in [5.74, 6) is 3.03. The van der Waals surface area contributed by atoms with Crippen molar-refractivity contribution in [3.63, 3.8) is 0 Å². The van der Waals surface area contributed by atoms with Gasteiger partial charge in [-0.25, -0.2) is 9.78 Å². The van der Waals surface area contributed by atoms with Crippen molar-refractivity contribution in [2.24, 2.45) is 5.92 Å². The zero-order valence-electron chi connectivity index (χ0n) is 16.8. The fourth-order valence-electron chi connectivity index (χ4n) is 4.20. The van der Waals surface area contributed by atoms with E-state index in [-0.39, 0.29) is 23.5 Å². The second-order valence-electron chi connectivity index (χ2n) is 7.82. The largest absolute Gasteiger partial charge is 0.415 e. The van der Waals surface area contributed by atoms with Gasteiger partial charge in [0, 0.05) is 34.1 Å². The van der Waals surface area contributed by atoms with Gasteiger partial charge in [-0.1, -0.05) is 44.8 Å². The average molecular weight is 508 g/mol. The number of rotatable bonds is 2. The molecule has 1 aromatic heterocycles. The van der Waals surface area contributed by atoms with Gasteiger partial charge in [0.15, 0.2) is 0 Å². The van der Waals surface area contributed by atoms with Crippen LogP contribution in [0.3, 0.4) is 0 Å². The van der Waals surface area contributed by atoms with Gasteiger partial charge in [-0.2, -0.15) is 0 Å². The van der Waals surface area contributed by atoms with Crippen LogP contribution in [0.1, 0.15) is 12.8 Å². The molecule has 166 valence electrons. The van der Waals surface area contributed by atoms with Gasteiger partial charge in [-0.05, 0) is 55.2 Å². The molecule has 1 N–H and O–H groups in total. The Morgan fingerprint density at radius 2 is 1.91 bits per heavy atom. The maximum Gasteiger partial charge on any atom is 0.415 e. The quantitative estimate of drug-likeness (QED) is 0.437. The highest BCUT2D eigenvalue weighted by Crippen LogP contribution is 2.40. The third kappa shape index (κ3) is 4.33. The van der Waals surface area contributed by atoms with Crippen molar-refractivity contribution in [3.8, 4) is 17.1 Å². The van der Waals surface area contributed by atoms with Gasteiger partial charge in [-0.15, -0.1) is 0 Å². The molecule has 10 heteroatoms. The maximum atomic E-state index is 13.2. The molecule has 0 aliphatic carbocycles. The number of carbonyl (C=O) groups excluding carboxylic acids is 1. The number of benzene rings is 2. The number of aromatic amines is 1. The van der Waals surface area contributed by atoms with Crippen LogP contribution in [0.2, 0.25) is 10.0 Å². The van der Waals surface area contributed by atoms with Gasteiger partial charge in [0.05, 0.1) is 16.5 Å². The zero-order chi connectivity index (χ0) is 22.2. The van der Waals surface area contributed by atoms with E-state index in [0.29, 0.717) is 44.7 Å². The zero-order valence-corrected chi connectivity index (χ0v) is 20.0. The highest BCUT2D eigenvalue weighted by Gasteiger charge is 2.37. The number of amides is 1. The lowest BCUT2D eigenvalue weighted by atomic mass is 9.92. The number of piperidine rings is 1. The fourth-order valence-corrected chi connectivity index (χ4v) is 7.42. The molecule has 2 aromatic carbocycles. The molecule has 1 amide bonds. The lowest BCUT2D eigenvalue weighted by Gasteiger charge is -2.42. The number of nitrogens with one attached hydrogen (secondary N) is 1. The Balaban J connectivity index is 1.49. The third-order valence-electron chi connectivity index (χ3n) is 5.82. The Morgan fingerprint density at radius 1 is 1.12 bits per heavy atom. The van der Waals surface area contributed by atoms with Gasteiger partial charge in [0.1, 0.15) is 11.6 Å². The van der Waals surface area contributed by atoms with E-state index in [0.717, 1.165) is 24.3 Å². The lowest BCUT2D eigenvalue weighted by Crippen LogP contribution is -2.52. The Hall–Kier alpha value is -1.87. The van der Waals surface area contributed by atoms with Gasteiger partial charge < -0.3 is 14.6 Å². The molecule has 2 fully saturated rings. The number of carbonyl (C=O) groups is 1. The summed E-state index contributed by atoms with van der Waals surface area (Å²) >= 11 is 12.2. The summed E-state index contributed by atoms with van der Waals surface area (Å²) in [5, 5.41) is 1.28. The fraction of sp³-hybridized carbons (Fsp3) is 0.318. The Labute approximate surface area is 202 Å². The number of hydrogen-bond donors (Lipinski definition) is 1. The van der Waals surface area contributed by atoms with Gasteiger partial charge in [0.25, 0.3) is 5.56 Å². The first-order valence-electron chi connectivity index (χ1n) is 10.2. The number of ether oxygens (including phenoxy) is 1. The number of aromatic nitrogens is 2. The third-order valence-corrected chi connectivity index (χ3v) is 8.81. The minimum Gasteiger partial charge on any atom is -0.409 e. The van der Waals surface area contributed by atoms with Crippen LogP contribution in [-0.2, 0) is 0 Å². The van der Waals surface area contributed by atoms with E-state index >= 15 is 0 Å².